The second kappa shape index (κ2) is 12.6. The quantitative estimate of drug-likeness (QED) is 0.245. The Labute approximate surface area is 252 Å². The first-order chi connectivity index (χ1) is 16.2. The summed E-state index contributed by atoms with van der Waals surface area (Å²) in [7, 11) is 3.47. The van der Waals surface area contributed by atoms with E-state index in [0.717, 1.165) is 31.8 Å². The Bertz CT molecular complexity index is 1170. The Morgan fingerprint density at radius 2 is 1.11 bits per heavy atom. The van der Waals surface area contributed by atoms with Gasteiger partial charge in [0.15, 0.2) is 0 Å². The zero-order chi connectivity index (χ0) is 26.6. The van der Waals surface area contributed by atoms with Crippen molar-refractivity contribution in [3.05, 3.63) is 94.1 Å². The van der Waals surface area contributed by atoms with Crippen LogP contribution in [0.1, 0.15) is 63.8 Å². The number of ether oxygens (including phenoxy) is 2. The normalized spacial score (nSPS) is 11.4. The van der Waals surface area contributed by atoms with Crippen molar-refractivity contribution in [3.63, 3.8) is 0 Å². The molecule has 3 aromatic carbocycles. The highest BCUT2D eigenvalue weighted by Gasteiger charge is 2.23. The Morgan fingerprint density at radius 3 is 1.57 bits per heavy atom. The van der Waals surface area contributed by atoms with Crippen molar-refractivity contribution in [3.8, 4) is 11.5 Å². The number of methoxy groups -OCH3 is 2. The highest BCUT2D eigenvalue weighted by molar-refractivity contribution is 14.1. The molecule has 0 radical (unpaired) electrons. The van der Waals surface area contributed by atoms with Gasteiger partial charge < -0.3 is 9.47 Å². The van der Waals surface area contributed by atoms with Gasteiger partial charge in [-0.3, -0.25) is 0 Å². The number of benzene rings is 3. The number of hydrogen-bond acceptors (Lipinski definition) is 2. The fourth-order valence-corrected chi connectivity index (χ4v) is 6.57. The minimum Gasteiger partial charge on any atom is -0.495 e. The van der Waals surface area contributed by atoms with Gasteiger partial charge in [-0.15, -0.1) is 0 Å². The van der Waals surface area contributed by atoms with E-state index in [9.17, 15) is 0 Å². The van der Waals surface area contributed by atoms with Crippen molar-refractivity contribution in [2.24, 2.45) is 0 Å². The number of rotatable bonds is 4. The summed E-state index contributed by atoms with van der Waals surface area (Å²) < 4.78 is 14.6. The van der Waals surface area contributed by atoms with Crippen LogP contribution in [0.4, 0.5) is 0 Å². The third kappa shape index (κ3) is 8.09. The SMILES string of the molecule is C=C(c1ccccc1)c1cc(I)c(OC)c(C(C)(C)C)c1.COc1c(I)cc(I)cc1C(C)(C)C. The van der Waals surface area contributed by atoms with Crippen molar-refractivity contribution in [1.82, 2.24) is 0 Å². The van der Waals surface area contributed by atoms with Gasteiger partial charge in [0.1, 0.15) is 11.5 Å². The van der Waals surface area contributed by atoms with Crippen LogP contribution in [0.5, 0.6) is 11.5 Å². The second-order valence-corrected chi connectivity index (χ2v) is 13.9. The zero-order valence-corrected chi connectivity index (χ0v) is 28.3. The molecule has 0 aliphatic rings. The molecule has 0 heterocycles. The molecular formula is C30H35I3O2. The first-order valence-electron chi connectivity index (χ1n) is 11.4. The molecule has 0 bridgehead atoms. The van der Waals surface area contributed by atoms with E-state index in [2.05, 4.69) is 152 Å². The highest BCUT2D eigenvalue weighted by Crippen LogP contribution is 2.38. The van der Waals surface area contributed by atoms with E-state index in [1.807, 2.05) is 18.2 Å². The van der Waals surface area contributed by atoms with Crippen molar-refractivity contribution in [2.75, 3.05) is 14.2 Å². The van der Waals surface area contributed by atoms with Crippen LogP contribution in [0, 0.1) is 10.7 Å². The van der Waals surface area contributed by atoms with Crippen LogP contribution in [0.25, 0.3) is 5.57 Å². The van der Waals surface area contributed by atoms with E-state index in [4.69, 9.17) is 9.47 Å². The second-order valence-electron chi connectivity index (χ2n) is 10.4. The zero-order valence-electron chi connectivity index (χ0n) is 21.9. The molecule has 0 aliphatic carbocycles. The van der Waals surface area contributed by atoms with Crippen LogP contribution >= 0.6 is 67.8 Å². The smallest absolute Gasteiger partial charge is 0.135 e. The van der Waals surface area contributed by atoms with Crippen LogP contribution in [0.2, 0.25) is 0 Å². The topological polar surface area (TPSA) is 18.5 Å². The average Bonchev–Trinajstić information content (AvgIpc) is 2.77. The summed E-state index contributed by atoms with van der Waals surface area (Å²) in [6.45, 7) is 17.5. The van der Waals surface area contributed by atoms with Crippen molar-refractivity contribution in [1.29, 1.82) is 0 Å². The van der Waals surface area contributed by atoms with E-state index in [1.165, 1.54) is 18.3 Å². The summed E-state index contributed by atoms with van der Waals surface area (Å²) in [6.07, 6.45) is 0. The molecule has 3 rings (SSSR count). The summed E-state index contributed by atoms with van der Waals surface area (Å²) in [5, 5.41) is 0. The Kier molecular flexibility index (Phi) is 11.0. The van der Waals surface area contributed by atoms with Gasteiger partial charge in [0, 0.05) is 14.7 Å². The maximum Gasteiger partial charge on any atom is 0.135 e. The Balaban J connectivity index is 0.000000269. The molecular weight excluding hydrogens is 773 g/mol. The summed E-state index contributed by atoms with van der Waals surface area (Å²) in [5.74, 6) is 1.98. The van der Waals surface area contributed by atoms with Gasteiger partial charge in [0.2, 0.25) is 0 Å². The van der Waals surface area contributed by atoms with Crippen molar-refractivity contribution in [2.45, 2.75) is 52.4 Å². The third-order valence-electron chi connectivity index (χ3n) is 5.55. The first-order valence-corrected chi connectivity index (χ1v) is 14.6. The van der Waals surface area contributed by atoms with Crippen LogP contribution in [0.3, 0.4) is 0 Å². The van der Waals surface area contributed by atoms with E-state index >= 15 is 0 Å². The van der Waals surface area contributed by atoms with Crippen LogP contribution in [-0.2, 0) is 10.8 Å². The molecule has 5 heteroatoms. The molecule has 0 spiro atoms. The van der Waals surface area contributed by atoms with Crippen LogP contribution < -0.4 is 9.47 Å². The lowest BCUT2D eigenvalue weighted by Crippen LogP contribution is -2.14. The molecule has 0 amide bonds. The summed E-state index contributed by atoms with van der Waals surface area (Å²) in [6, 6.07) is 19.0. The van der Waals surface area contributed by atoms with E-state index in [1.54, 1.807) is 14.2 Å². The first kappa shape index (κ1) is 30.4. The molecule has 0 N–H and O–H groups in total. The van der Waals surface area contributed by atoms with Gasteiger partial charge in [-0.2, -0.15) is 0 Å². The predicted molar refractivity (Wildman–Crippen MR) is 176 cm³/mol. The van der Waals surface area contributed by atoms with Gasteiger partial charge in [-0.25, -0.2) is 0 Å². The van der Waals surface area contributed by atoms with E-state index in [-0.39, 0.29) is 10.8 Å². The lowest BCUT2D eigenvalue weighted by atomic mass is 9.84. The van der Waals surface area contributed by atoms with Gasteiger partial charge in [-0.05, 0) is 120 Å². The maximum atomic E-state index is 5.61. The number of halogens is 3. The lowest BCUT2D eigenvalue weighted by molar-refractivity contribution is 0.394. The Morgan fingerprint density at radius 1 is 0.657 bits per heavy atom. The monoisotopic (exact) mass is 808 g/mol. The predicted octanol–water partition coefficient (Wildman–Crippen LogP) is 9.86. The lowest BCUT2D eigenvalue weighted by Gasteiger charge is -2.24. The van der Waals surface area contributed by atoms with Gasteiger partial charge in [-0.1, -0.05) is 78.5 Å². The van der Waals surface area contributed by atoms with Gasteiger partial charge in [0.25, 0.3) is 0 Å². The summed E-state index contributed by atoms with van der Waals surface area (Å²) in [4.78, 5) is 0. The minimum absolute atomic E-state index is 0.0260. The third-order valence-corrected chi connectivity index (χ3v) is 7.77. The molecule has 0 unspecified atom stereocenters. The molecule has 3 aromatic rings. The molecule has 0 saturated carbocycles. The van der Waals surface area contributed by atoms with Crippen LogP contribution in [0.15, 0.2) is 61.2 Å². The fourth-order valence-electron chi connectivity index (χ4n) is 3.66. The average molecular weight is 808 g/mol. The van der Waals surface area contributed by atoms with E-state index in [0.29, 0.717) is 0 Å². The summed E-state index contributed by atoms with van der Waals surface area (Å²) in [5.41, 5.74) is 5.99. The highest BCUT2D eigenvalue weighted by atomic mass is 127. The minimum atomic E-state index is 0.0260. The maximum absolute atomic E-state index is 5.61. The van der Waals surface area contributed by atoms with Crippen molar-refractivity contribution >= 4 is 73.3 Å². The van der Waals surface area contributed by atoms with Gasteiger partial charge >= 0.3 is 0 Å². The molecule has 2 nitrogen and oxygen atoms in total. The molecule has 0 saturated heterocycles. The molecule has 35 heavy (non-hydrogen) atoms. The number of hydrogen-bond donors (Lipinski definition) is 0. The Hall–Kier alpha value is -0.810. The van der Waals surface area contributed by atoms with Crippen LogP contribution in [-0.4, -0.2) is 14.2 Å². The molecule has 0 aromatic heterocycles. The van der Waals surface area contributed by atoms with E-state index < -0.39 is 0 Å². The van der Waals surface area contributed by atoms with Gasteiger partial charge in [0.05, 0.1) is 21.4 Å². The van der Waals surface area contributed by atoms with Crippen molar-refractivity contribution < 1.29 is 9.47 Å². The molecule has 0 aliphatic heterocycles. The summed E-state index contributed by atoms with van der Waals surface area (Å²) >= 11 is 7.00. The molecule has 188 valence electrons. The molecule has 0 fully saturated rings. The fraction of sp³-hybridized carbons (Fsp3) is 0.333. The molecule has 0 atom stereocenters. The standard InChI is InChI=1S/C19H21IO.C11H14I2O/c1-13(14-9-7-6-8-10-14)15-11-16(19(2,3)4)18(21-5)17(20)12-15;1-11(2,3)8-5-7(12)6-9(13)10(8)14-4/h6-12H,1H2,2-5H3;5-6H,1-4H3. The largest absolute Gasteiger partial charge is 0.495 e.